The molecule has 9 heteroatoms. The zero-order chi connectivity index (χ0) is 16.8. The highest BCUT2D eigenvalue weighted by molar-refractivity contribution is 8.01. The lowest BCUT2D eigenvalue weighted by molar-refractivity contribution is -0.119. The van der Waals surface area contributed by atoms with Crippen LogP contribution in [0.25, 0.3) is 0 Å². The third-order valence-corrected chi connectivity index (χ3v) is 4.53. The van der Waals surface area contributed by atoms with Crippen LogP contribution in [0.2, 0.25) is 0 Å². The molecule has 1 aromatic heterocycles. The van der Waals surface area contributed by atoms with E-state index in [1.165, 1.54) is 36.0 Å². The Labute approximate surface area is 140 Å². The number of nitrogens with one attached hydrogen (secondary N) is 2. The topological polar surface area (TPSA) is 84.0 Å². The molecule has 0 aliphatic carbocycles. The van der Waals surface area contributed by atoms with E-state index in [1.807, 2.05) is 13.8 Å². The molecule has 0 fully saturated rings. The molecule has 0 atom stereocenters. The monoisotopic (exact) mass is 354 g/mol. The molecular weight excluding hydrogens is 339 g/mol. The van der Waals surface area contributed by atoms with Gasteiger partial charge in [0.25, 0.3) is 5.91 Å². The minimum Gasteiger partial charge on any atom is -0.353 e. The standard InChI is InChI=1S/C14H15FN4O2S2/c1-8(2)16-11(20)7-22-14-19-18-13(23-14)12(21)17-10-5-3-9(15)4-6-10/h3-6,8H,7H2,1-2H3,(H,16,20)(H,17,21). The molecule has 1 aromatic carbocycles. The predicted octanol–water partition coefficient (Wildman–Crippen LogP) is 2.55. The Balaban J connectivity index is 1.89. The third-order valence-electron chi connectivity index (χ3n) is 2.48. The van der Waals surface area contributed by atoms with Crippen LogP contribution in [-0.2, 0) is 4.79 Å². The number of halogens is 1. The first-order valence-electron chi connectivity index (χ1n) is 6.76. The second kappa shape index (κ2) is 8.02. The number of hydrogen-bond donors (Lipinski definition) is 2. The molecule has 1 heterocycles. The lowest BCUT2D eigenvalue weighted by Crippen LogP contribution is -2.31. The summed E-state index contributed by atoms with van der Waals surface area (Å²) in [4.78, 5) is 23.6. The van der Waals surface area contributed by atoms with Crippen LogP contribution in [0.15, 0.2) is 28.6 Å². The molecule has 0 saturated carbocycles. The van der Waals surface area contributed by atoms with E-state index in [1.54, 1.807) is 0 Å². The average molecular weight is 354 g/mol. The summed E-state index contributed by atoms with van der Waals surface area (Å²) in [5.74, 6) is -0.686. The van der Waals surface area contributed by atoms with Crippen molar-refractivity contribution in [3.8, 4) is 0 Å². The Morgan fingerprint density at radius 3 is 2.61 bits per heavy atom. The van der Waals surface area contributed by atoms with Gasteiger partial charge in [0.2, 0.25) is 10.9 Å². The van der Waals surface area contributed by atoms with Gasteiger partial charge in [0, 0.05) is 11.7 Å². The largest absolute Gasteiger partial charge is 0.353 e. The fraction of sp³-hybridized carbons (Fsp3) is 0.286. The second-order valence-corrected chi connectivity index (χ2v) is 7.05. The normalized spacial score (nSPS) is 10.6. The average Bonchev–Trinajstić information content (AvgIpc) is 2.96. The van der Waals surface area contributed by atoms with E-state index in [-0.39, 0.29) is 28.5 Å². The van der Waals surface area contributed by atoms with Gasteiger partial charge in [-0.3, -0.25) is 9.59 Å². The summed E-state index contributed by atoms with van der Waals surface area (Å²) in [5.41, 5.74) is 0.470. The van der Waals surface area contributed by atoms with Gasteiger partial charge in [0.15, 0.2) is 4.34 Å². The van der Waals surface area contributed by atoms with Gasteiger partial charge in [-0.15, -0.1) is 10.2 Å². The number of aromatic nitrogens is 2. The number of hydrogen-bond acceptors (Lipinski definition) is 6. The molecule has 2 aromatic rings. The van der Waals surface area contributed by atoms with Gasteiger partial charge < -0.3 is 10.6 Å². The quantitative estimate of drug-likeness (QED) is 0.779. The van der Waals surface area contributed by atoms with E-state index in [2.05, 4.69) is 20.8 Å². The molecule has 0 aliphatic rings. The van der Waals surface area contributed by atoms with Gasteiger partial charge in [0.05, 0.1) is 5.75 Å². The maximum atomic E-state index is 12.8. The zero-order valence-electron chi connectivity index (χ0n) is 12.5. The number of thioether (sulfide) groups is 1. The molecule has 0 saturated heterocycles. The SMILES string of the molecule is CC(C)NC(=O)CSc1nnc(C(=O)Nc2ccc(F)cc2)s1. The van der Waals surface area contributed by atoms with E-state index in [4.69, 9.17) is 0 Å². The van der Waals surface area contributed by atoms with Gasteiger partial charge >= 0.3 is 0 Å². The minimum atomic E-state index is -0.424. The molecule has 2 N–H and O–H groups in total. The lowest BCUT2D eigenvalue weighted by Gasteiger charge is -2.06. The maximum absolute atomic E-state index is 12.8. The Morgan fingerprint density at radius 2 is 1.96 bits per heavy atom. The lowest BCUT2D eigenvalue weighted by atomic mass is 10.3. The molecule has 0 spiro atoms. The summed E-state index contributed by atoms with van der Waals surface area (Å²) in [7, 11) is 0. The predicted molar refractivity (Wildman–Crippen MR) is 88.3 cm³/mol. The van der Waals surface area contributed by atoms with Crippen LogP contribution in [0.4, 0.5) is 10.1 Å². The van der Waals surface area contributed by atoms with Crippen molar-refractivity contribution in [3.63, 3.8) is 0 Å². The summed E-state index contributed by atoms with van der Waals surface area (Å²) in [6.45, 7) is 3.76. The summed E-state index contributed by atoms with van der Waals surface area (Å²) in [5, 5.41) is 13.2. The number of carbonyl (C=O) groups is 2. The summed E-state index contributed by atoms with van der Waals surface area (Å²) in [6, 6.07) is 5.50. The molecule has 23 heavy (non-hydrogen) atoms. The van der Waals surface area contributed by atoms with Crippen molar-refractivity contribution >= 4 is 40.6 Å². The molecule has 0 radical (unpaired) electrons. The van der Waals surface area contributed by atoms with Crippen LogP contribution in [0, 0.1) is 5.82 Å². The molecule has 2 amide bonds. The Kier molecular flexibility index (Phi) is 6.05. The van der Waals surface area contributed by atoms with Gasteiger partial charge in [-0.1, -0.05) is 23.1 Å². The third kappa shape index (κ3) is 5.61. The highest BCUT2D eigenvalue weighted by Gasteiger charge is 2.14. The number of rotatable bonds is 6. The van der Waals surface area contributed by atoms with Crippen molar-refractivity contribution in [2.45, 2.75) is 24.2 Å². The van der Waals surface area contributed by atoms with E-state index in [0.717, 1.165) is 11.3 Å². The molecule has 0 unspecified atom stereocenters. The molecule has 0 bridgehead atoms. The fourth-order valence-corrected chi connectivity index (χ4v) is 3.13. The van der Waals surface area contributed by atoms with E-state index >= 15 is 0 Å². The number of carbonyl (C=O) groups excluding carboxylic acids is 2. The van der Waals surface area contributed by atoms with Gasteiger partial charge in [-0.25, -0.2) is 4.39 Å². The van der Waals surface area contributed by atoms with Crippen LogP contribution >= 0.6 is 23.1 Å². The van der Waals surface area contributed by atoms with Crippen LogP contribution in [0.5, 0.6) is 0 Å². The number of nitrogens with zero attached hydrogens (tertiary/aromatic N) is 2. The molecule has 122 valence electrons. The van der Waals surface area contributed by atoms with Crippen LogP contribution in [-0.4, -0.2) is 33.8 Å². The van der Waals surface area contributed by atoms with Crippen molar-refractivity contribution in [3.05, 3.63) is 35.1 Å². The summed E-state index contributed by atoms with van der Waals surface area (Å²) >= 11 is 2.32. The van der Waals surface area contributed by atoms with Crippen molar-refractivity contribution in [2.75, 3.05) is 11.1 Å². The van der Waals surface area contributed by atoms with E-state index < -0.39 is 5.91 Å². The second-order valence-electron chi connectivity index (χ2n) is 4.85. The minimum absolute atomic E-state index is 0.0783. The van der Waals surface area contributed by atoms with Gasteiger partial charge in [-0.05, 0) is 38.1 Å². The Morgan fingerprint density at radius 1 is 1.26 bits per heavy atom. The molecule has 2 rings (SSSR count). The van der Waals surface area contributed by atoms with E-state index in [0.29, 0.717) is 10.0 Å². The zero-order valence-corrected chi connectivity index (χ0v) is 14.1. The van der Waals surface area contributed by atoms with Crippen LogP contribution in [0.1, 0.15) is 23.6 Å². The van der Waals surface area contributed by atoms with Gasteiger partial charge in [0.1, 0.15) is 5.82 Å². The fourth-order valence-electron chi connectivity index (χ4n) is 1.57. The first-order valence-corrected chi connectivity index (χ1v) is 8.57. The Bertz CT molecular complexity index is 688. The van der Waals surface area contributed by atoms with Crippen molar-refractivity contribution in [2.24, 2.45) is 0 Å². The number of anilines is 1. The first kappa shape index (κ1) is 17.4. The highest BCUT2D eigenvalue weighted by atomic mass is 32.2. The first-order chi connectivity index (χ1) is 10.9. The summed E-state index contributed by atoms with van der Waals surface area (Å²) in [6.07, 6.45) is 0. The summed E-state index contributed by atoms with van der Waals surface area (Å²) < 4.78 is 13.3. The van der Waals surface area contributed by atoms with Crippen molar-refractivity contribution in [1.29, 1.82) is 0 Å². The van der Waals surface area contributed by atoms with Crippen LogP contribution in [0.3, 0.4) is 0 Å². The smallest absolute Gasteiger partial charge is 0.286 e. The van der Waals surface area contributed by atoms with Gasteiger partial charge in [-0.2, -0.15) is 0 Å². The number of amides is 2. The molecule has 6 nitrogen and oxygen atoms in total. The highest BCUT2D eigenvalue weighted by Crippen LogP contribution is 2.23. The van der Waals surface area contributed by atoms with Crippen molar-refractivity contribution in [1.82, 2.24) is 15.5 Å². The van der Waals surface area contributed by atoms with E-state index in [9.17, 15) is 14.0 Å². The maximum Gasteiger partial charge on any atom is 0.286 e. The van der Waals surface area contributed by atoms with Crippen molar-refractivity contribution < 1.29 is 14.0 Å². The van der Waals surface area contributed by atoms with Crippen LogP contribution < -0.4 is 10.6 Å². The molecule has 0 aliphatic heterocycles. The Hall–Kier alpha value is -2.00. The number of benzene rings is 1. The molecular formula is C14H15FN4O2S2.